The lowest BCUT2D eigenvalue weighted by Gasteiger charge is -2.29. The van der Waals surface area contributed by atoms with Crippen LogP contribution >= 0.6 is 0 Å². The largest absolute Gasteiger partial charge is 0.379 e. The summed E-state index contributed by atoms with van der Waals surface area (Å²) >= 11 is 0. The number of hydrogen-bond acceptors (Lipinski definition) is 12. The minimum atomic E-state index is -0.729. The summed E-state index contributed by atoms with van der Waals surface area (Å²) < 4.78 is 22.4. The Balaban J connectivity index is 0.716. The zero-order valence-corrected chi connectivity index (χ0v) is 35.7. The monoisotopic (exact) mass is 882 g/mol. The van der Waals surface area contributed by atoms with E-state index in [0.29, 0.717) is 105 Å². The molecule has 3 heterocycles. The summed E-state index contributed by atoms with van der Waals surface area (Å²) in [5.74, 6) is 3.55. The van der Waals surface area contributed by atoms with Gasteiger partial charge in [-0.15, -0.1) is 0 Å². The van der Waals surface area contributed by atoms with Crippen LogP contribution in [0.5, 0.6) is 0 Å². The highest BCUT2D eigenvalue weighted by Gasteiger charge is 2.40. The molecule has 3 aliphatic rings. The fourth-order valence-corrected chi connectivity index (χ4v) is 7.56. The molecule has 4 aromatic carbocycles. The standard InChI is InChI=1S/C49H50N6O10/c56-21-5-6-33-13-16-38-41(30-33)53-48(60)45(38)46(35-7-2-1-3-8-35)51-36-14-11-34(12-15-36)31-50-20-23-63-25-27-65-29-28-64-26-24-62-22-19-44(58)52-40-10-4-9-37-39(40)32-55(49(37)61)42-17-18-43(57)54-47(42)59/h1-4,7-16,21,30,42,50-51H,17-20,22-29,31-32H2,(H,52,58)(H,53,60)(H,54,57,59)/b46-45-. The molecule has 0 saturated carbocycles. The number of amides is 5. The molecule has 4 aromatic rings. The number of imide groups is 1. The van der Waals surface area contributed by atoms with Gasteiger partial charge in [-0.2, -0.15) is 0 Å². The van der Waals surface area contributed by atoms with Crippen molar-refractivity contribution < 1.29 is 47.7 Å². The third kappa shape index (κ3) is 12.4. The van der Waals surface area contributed by atoms with Crippen molar-refractivity contribution in [2.24, 2.45) is 0 Å². The number of rotatable bonds is 22. The Labute approximate surface area is 376 Å². The van der Waals surface area contributed by atoms with Crippen molar-refractivity contribution in [3.63, 3.8) is 0 Å². The molecule has 16 nitrogen and oxygen atoms in total. The minimum Gasteiger partial charge on any atom is -0.379 e. The van der Waals surface area contributed by atoms with Gasteiger partial charge in [0.2, 0.25) is 17.7 Å². The van der Waals surface area contributed by atoms with E-state index in [1.54, 1.807) is 30.3 Å². The van der Waals surface area contributed by atoms with E-state index in [-0.39, 0.29) is 56.0 Å². The average molecular weight is 883 g/mol. The van der Waals surface area contributed by atoms with Crippen LogP contribution < -0.4 is 26.6 Å². The molecule has 7 rings (SSSR count). The van der Waals surface area contributed by atoms with E-state index >= 15 is 0 Å². The number of carbonyl (C=O) groups excluding carboxylic acids is 6. The van der Waals surface area contributed by atoms with Crippen molar-refractivity contribution >= 4 is 64.2 Å². The highest BCUT2D eigenvalue weighted by molar-refractivity contribution is 6.37. The van der Waals surface area contributed by atoms with Crippen molar-refractivity contribution in [2.45, 2.75) is 38.4 Å². The molecule has 65 heavy (non-hydrogen) atoms. The fraction of sp³-hybridized carbons (Fsp3) is 0.306. The summed E-state index contributed by atoms with van der Waals surface area (Å²) in [6.45, 7) is 4.53. The molecule has 1 fully saturated rings. The highest BCUT2D eigenvalue weighted by atomic mass is 16.6. The molecule has 16 heteroatoms. The molecule has 336 valence electrons. The number of piperidine rings is 1. The molecule has 5 N–H and O–H groups in total. The Bertz CT molecular complexity index is 2480. The van der Waals surface area contributed by atoms with Crippen molar-refractivity contribution in [2.75, 3.05) is 75.4 Å². The highest BCUT2D eigenvalue weighted by Crippen LogP contribution is 2.38. The molecule has 3 aliphatic heterocycles. The van der Waals surface area contributed by atoms with Crippen LogP contribution in [-0.2, 0) is 56.0 Å². The molecule has 0 aliphatic carbocycles. The third-order valence-corrected chi connectivity index (χ3v) is 10.8. The first kappa shape index (κ1) is 46.0. The van der Waals surface area contributed by atoms with Crippen LogP contribution in [0.2, 0.25) is 0 Å². The molecule has 1 saturated heterocycles. The van der Waals surface area contributed by atoms with Crippen LogP contribution in [0.25, 0.3) is 11.3 Å². The molecular weight excluding hydrogens is 833 g/mol. The maximum absolute atomic E-state index is 13.3. The summed E-state index contributed by atoms with van der Waals surface area (Å²) in [7, 11) is 0. The Morgan fingerprint density at radius 3 is 2.22 bits per heavy atom. The zero-order chi connectivity index (χ0) is 45.4. The van der Waals surface area contributed by atoms with Gasteiger partial charge in [0.15, 0.2) is 6.29 Å². The number of carbonyl (C=O) groups is 6. The molecule has 1 atom stereocenters. The summed E-state index contributed by atoms with van der Waals surface area (Å²) in [4.78, 5) is 75.0. The number of aldehydes is 1. The summed E-state index contributed by atoms with van der Waals surface area (Å²) in [5, 5.41) is 14.9. The fourth-order valence-electron chi connectivity index (χ4n) is 7.56. The van der Waals surface area contributed by atoms with Gasteiger partial charge in [-0.3, -0.25) is 34.1 Å². The van der Waals surface area contributed by atoms with E-state index in [0.717, 1.165) is 22.4 Å². The van der Waals surface area contributed by atoms with E-state index in [9.17, 15) is 28.8 Å². The van der Waals surface area contributed by atoms with Crippen LogP contribution in [0.1, 0.15) is 57.4 Å². The van der Waals surface area contributed by atoms with Crippen LogP contribution in [0.4, 0.5) is 17.1 Å². The predicted octanol–water partition coefficient (Wildman–Crippen LogP) is 4.12. The number of benzene rings is 4. The second-order valence-corrected chi connectivity index (χ2v) is 15.2. The molecule has 0 radical (unpaired) electrons. The minimum absolute atomic E-state index is 0.109. The Kier molecular flexibility index (Phi) is 16.3. The van der Waals surface area contributed by atoms with Gasteiger partial charge >= 0.3 is 0 Å². The van der Waals surface area contributed by atoms with Gasteiger partial charge in [-0.05, 0) is 59.9 Å². The van der Waals surface area contributed by atoms with E-state index in [4.69, 9.17) is 18.9 Å². The molecule has 0 aromatic heterocycles. The van der Waals surface area contributed by atoms with Crippen molar-refractivity contribution in [1.29, 1.82) is 0 Å². The second kappa shape index (κ2) is 23.1. The first-order chi connectivity index (χ1) is 31.8. The lowest BCUT2D eigenvalue weighted by molar-refractivity contribution is -0.137. The molecular formula is C49H50N6O10. The lowest BCUT2D eigenvalue weighted by Crippen LogP contribution is -2.52. The second-order valence-electron chi connectivity index (χ2n) is 15.2. The molecule has 5 amide bonds. The lowest BCUT2D eigenvalue weighted by atomic mass is 9.99. The molecule has 0 spiro atoms. The quantitative estimate of drug-likeness (QED) is 0.0249. The summed E-state index contributed by atoms with van der Waals surface area (Å²) in [6, 6.07) is 27.4. The zero-order valence-electron chi connectivity index (χ0n) is 35.7. The summed E-state index contributed by atoms with van der Waals surface area (Å²) in [5.41, 5.74) is 7.57. The Morgan fingerprint density at radius 2 is 1.49 bits per heavy atom. The maximum Gasteiger partial charge on any atom is 0.258 e. The molecule has 0 bridgehead atoms. The van der Waals surface area contributed by atoms with Gasteiger partial charge in [-0.25, -0.2) is 0 Å². The van der Waals surface area contributed by atoms with Crippen LogP contribution in [0.15, 0.2) is 91.0 Å². The maximum atomic E-state index is 13.3. The van der Waals surface area contributed by atoms with Gasteiger partial charge in [0.05, 0.1) is 76.2 Å². The van der Waals surface area contributed by atoms with Gasteiger partial charge in [0.1, 0.15) is 6.04 Å². The first-order valence-electron chi connectivity index (χ1n) is 21.4. The number of anilines is 3. The average Bonchev–Trinajstić information content (AvgIpc) is 3.83. The SMILES string of the molecule is O=CC#Cc1ccc2c(c1)NC(=O)/C2=C(\Nc1ccc(CNCCOCCOCCOCCOCCC(=O)Nc2cccc3c2CN(C2CCC(=O)NC2=O)C3=O)cc1)c1ccccc1. The van der Waals surface area contributed by atoms with Gasteiger partial charge in [-0.1, -0.05) is 60.5 Å². The number of nitrogens with zero attached hydrogens (tertiary/aromatic N) is 1. The van der Waals surface area contributed by atoms with Crippen molar-refractivity contribution in [3.05, 3.63) is 124 Å². The van der Waals surface area contributed by atoms with Crippen molar-refractivity contribution in [1.82, 2.24) is 15.5 Å². The predicted molar refractivity (Wildman–Crippen MR) is 242 cm³/mol. The summed E-state index contributed by atoms with van der Waals surface area (Å²) in [6.07, 6.45) is 1.08. The van der Waals surface area contributed by atoms with E-state index in [1.807, 2.05) is 60.7 Å². The number of nitrogens with one attached hydrogen (secondary N) is 5. The number of ether oxygens (including phenoxy) is 4. The number of hydrogen-bond donors (Lipinski definition) is 5. The van der Waals surface area contributed by atoms with E-state index in [1.165, 1.54) is 4.90 Å². The van der Waals surface area contributed by atoms with Crippen LogP contribution in [-0.4, -0.2) is 106 Å². The smallest absolute Gasteiger partial charge is 0.258 e. The third-order valence-electron chi connectivity index (χ3n) is 10.8. The van der Waals surface area contributed by atoms with Gasteiger partial charge < -0.3 is 45.1 Å². The Hall–Kier alpha value is -7.00. The van der Waals surface area contributed by atoms with E-state index < -0.39 is 11.9 Å². The van der Waals surface area contributed by atoms with Crippen LogP contribution in [0.3, 0.4) is 0 Å². The molecule has 1 unspecified atom stereocenters. The first-order valence-corrected chi connectivity index (χ1v) is 21.4. The number of fused-ring (bicyclic) bond motifs is 2. The topological polar surface area (TPSA) is 203 Å². The van der Waals surface area contributed by atoms with E-state index in [2.05, 4.69) is 38.4 Å². The van der Waals surface area contributed by atoms with Gasteiger partial charge in [0, 0.05) is 59.7 Å². The van der Waals surface area contributed by atoms with Crippen molar-refractivity contribution in [3.8, 4) is 11.8 Å². The van der Waals surface area contributed by atoms with Crippen LogP contribution in [0, 0.1) is 11.8 Å². The Morgan fingerprint density at radius 1 is 0.769 bits per heavy atom. The van der Waals surface area contributed by atoms with Gasteiger partial charge in [0.25, 0.3) is 11.8 Å². The normalized spacial score (nSPS) is 15.9.